The molecular formula is C13H26N2O. The van der Waals surface area contributed by atoms with Gasteiger partial charge in [-0.25, -0.2) is 0 Å². The van der Waals surface area contributed by atoms with Crippen molar-refractivity contribution in [3.05, 3.63) is 0 Å². The van der Waals surface area contributed by atoms with E-state index in [1.54, 1.807) is 0 Å². The highest BCUT2D eigenvalue weighted by Gasteiger charge is 2.33. The molecule has 1 saturated carbocycles. The predicted octanol–water partition coefficient (Wildman–Crippen LogP) is 1.61. The van der Waals surface area contributed by atoms with Crippen molar-refractivity contribution in [2.45, 2.75) is 51.1 Å². The molecule has 1 unspecified atom stereocenters. The van der Waals surface area contributed by atoms with Crippen molar-refractivity contribution in [1.82, 2.24) is 4.90 Å². The second-order valence-corrected chi connectivity index (χ2v) is 6.02. The lowest BCUT2D eigenvalue weighted by molar-refractivity contribution is -0.0550. The van der Waals surface area contributed by atoms with Gasteiger partial charge < -0.3 is 10.5 Å². The Balaban J connectivity index is 1.87. The summed E-state index contributed by atoms with van der Waals surface area (Å²) in [5, 5.41) is 0. The zero-order valence-corrected chi connectivity index (χ0v) is 10.7. The molecule has 0 aromatic heterocycles. The first-order valence-corrected chi connectivity index (χ1v) is 6.68. The van der Waals surface area contributed by atoms with E-state index in [1.165, 1.54) is 25.7 Å². The maximum absolute atomic E-state index is 6.35. The van der Waals surface area contributed by atoms with Crippen molar-refractivity contribution >= 4 is 0 Å². The summed E-state index contributed by atoms with van der Waals surface area (Å²) in [7, 11) is 0. The van der Waals surface area contributed by atoms with E-state index in [2.05, 4.69) is 18.7 Å². The molecule has 3 nitrogen and oxygen atoms in total. The summed E-state index contributed by atoms with van der Waals surface area (Å²) < 4.78 is 5.54. The quantitative estimate of drug-likeness (QED) is 0.794. The molecule has 1 atom stereocenters. The third-order valence-electron chi connectivity index (χ3n) is 4.25. The molecule has 2 aliphatic rings. The summed E-state index contributed by atoms with van der Waals surface area (Å²) in [5.41, 5.74) is 6.51. The minimum atomic E-state index is 0.161. The van der Waals surface area contributed by atoms with Crippen molar-refractivity contribution < 1.29 is 4.74 Å². The molecule has 1 aliphatic carbocycles. The van der Waals surface area contributed by atoms with Crippen LogP contribution in [0.25, 0.3) is 0 Å². The van der Waals surface area contributed by atoms with Gasteiger partial charge >= 0.3 is 0 Å². The van der Waals surface area contributed by atoms with E-state index in [-0.39, 0.29) is 5.54 Å². The van der Waals surface area contributed by atoms with E-state index in [1.807, 2.05) is 0 Å². The average molecular weight is 226 g/mol. The van der Waals surface area contributed by atoms with Crippen LogP contribution in [-0.2, 0) is 4.74 Å². The summed E-state index contributed by atoms with van der Waals surface area (Å²) in [4.78, 5) is 2.51. The van der Waals surface area contributed by atoms with Gasteiger partial charge in [-0.05, 0) is 32.6 Å². The Labute approximate surface area is 99.3 Å². The molecule has 16 heavy (non-hydrogen) atoms. The SMILES string of the molecule is CC1(C)COCCN1CC(N)C1CCCC1. The molecule has 2 fully saturated rings. The standard InChI is InChI=1S/C13H26N2O/c1-13(2)10-16-8-7-15(13)9-12(14)11-5-3-4-6-11/h11-12H,3-10,14H2,1-2H3. The average Bonchev–Trinajstić information content (AvgIpc) is 2.74. The second-order valence-electron chi connectivity index (χ2n) is 6.02. The van der Waals surface area contributed by atoms with Crippen LogP contribution in [0.3, 0.4) is 0 Å². The zero-order valence-electron chi connectivity index (χ0n) is 10.7. The molecule has 0 amide bonds. The maximum Gasteiger partial charge on any atom is 0.0645 e. The van der Waals surface area contributed by atoms with Crippen LogP contribution in [0.4, 0.5) is 0 Å². The Bertz CT molecular complexity index is 224. The van der Waals surface area contributed by atoms with Crippen molar-refractivity contribution in [2.24, 2.45) is 11.7 Å². The van der Waals surface area contributed by atoms with Gasteiger partial charge in [-0.3, -0.25) is 4.90 Å². The van der Waals surface area contributed by atoms with Gasteiger partial charge in [-0.15, -0.1) is 0 Å². The lowest BCUT2D eigenvalue weighted by atomic mass is 9.95. The molecule has 3 heteroatoms. The molecule has 0 aromatic carbocycles. The number of hydrogen-bond acceptors (Lipinski definition) is 3. The van der Waals surface area contributed by atoms with Gasteiger partial charge in [0.05, 0.1) is 13.2 Å². The number of ether oxygens (including phenoxy) is 1. The first kappa shape index (κ1) is 12.3. The predicted molar refractivity (Wildman–Crippen MR) is 66.4 cm³/mol. The topological polar surface area (TPSA) is 38.5 Å². The van der Waals surface area contributed by atoms with Crippen molar-refractivity contribution in [2.75, 3.05) is 26.3 Å². The van der Waals surface area contributed by atoms with Crippen LogP contribution in [0.2, 0.25) is 0 Å². The summed E-state index contributed by atoms with van der Waals surface area (Å²) in [6, 6.07) is 0.361. The van der Waals surface area contributed by atoms with Crippen molar-refractivity contribution in [3.8, 4) is 0 Å². The van der Waals surface area contributed by atoms with E-state index in [0.717, 1.165) is 32.2 Å². The Morgan fingerprint density at radius 1 is 1.38 bits per heavy atom. The van der Waals surface area contributed by atoms with Gasteiger partial charge in [-0.1, -0.05) is 12.8 Å². The van der Waals surface area contributed by atoms with Crippen LogP contribution in [0, 0.1) is 5.92 Å². The van der Waals surface area contributed by atoms with Crippen molar-refractivity contribution in [1.29, 1.82) is 0 Å². The Hall–Kier alpha value is -0.120. The highest BCUT2D eigenvalue weighted by atomic mass is 16.5. The Kier molecular flexibility index (Phi) is 3.88. The Morgan fingerprint density at radius 2 is 2.06 bits per heavy atom. The van der Waals surface area contributed by atoms with Crippen LogP contribution < -0.4 is 5.73 Å². The molecule has 1 heterocycles. The number of hydrogen-bond donors (Lipinski definition) is 1. The van der Waals surface area contributed by atoms with Gasteiger partial charge in [0.15, 0.2) is 0 Å². The fourth-order valence-corrected chi connectivity index (χ4v) is 3.02. The van der Waals surface area contributed by atoms with Crippen LogP contribution in [-0.4, -0.2) is 42.8 Å². The first-order chi connectivity index (χ1) is 7.59. The molecule has 0 spiro atoms. The molecule has 0 aromatic rings. The fourth-order valence-electron chi connectivity index (χ4n) is 3.02. The van der Waals surface area contributed by atoms with E-state index in [4.69, 9.17) is 10.5 Å². The summed E-state index contributed by atoms with van der Waals surface area (Å²) >= 11 is 0. The normalized spacial score (nSPS) is 29.4. The minimum absolute atomic E-state index is 0.161. The lowest BCUT2D eigenvalue weighted by Gasteiger charge is -2.43. The van der Waals surface area contributed by atoms with E-state index in [9.17, 15) is 0 Å². The fraction of sp³-hybridized carbons (Fsp3) is 1.00. The molecule has 0 radical (unpaired) electrons. The van der Waals surface area contributed by atoms with Gasteiger partial charge in [0.2, 0.25) is 0 Å². The van der Waals surface area contributed by atoms with Crippen molar-refractivity contribution in [3.63, 3.8) is 0 Å². The lowest BCUT2D eigenvalue weighted by Crippen LogP contribution is -2.57. The second kappa shape index (κ2) is 5.03. The smallest absolute Gasteiger partial charge is 0.0645 e. The highest BCUT2D eigenvalue weighted by Crippen LogP contribution is 2.28. The largest absolute Gasteiger partial charge is 0.378 e. The third-order valence-corrected chi connectivity index (χ3v) is 4.25. The van der Waals surface area contributed by atoms with Crippen LogP contribution in [0.15, 0.2) is 0 Å². The number of nitrogens with two attached hydrogens (primary N) is 1. The van der Waals surface area contributed by atoms with Gasteiger partial charge in [0, 0.05) is 24.7 Å². The maximum atomic E-state index is 6.35. The number of morpholine rings is 1. The van der Waals surface area contributed by atoms with Crippen LogP contribution in [0.1, 0.15) is 39.5 Å². The van der Waals surface area contributed by atoms with Gasteiger partial charge in [-0.2, -0.15) is 0 Å². The number of rotatable bonds is 3. The molecule has 94 valence electrons. The molecule has 1 aliphatic heterocycles. The summed E-state index contributed by atoms with van der Waals surface area (Å²) in [5.74, 6) is 0.763. The van der Waals surface area contributed by atoms with Gasteiger partial charge in [0.1, 0.15) is 0 Å². The molecule has 1 saturated heterocycles. The van der Waals surface area contributed by atoms with Gasteiger partial charge in [0.25, 0.3) is 0 Å². The number of nitrogens with zero attached hydrogens (tertiary/aromatic N) is 1. The van der Waals surface area contributed by atoms with E-state index < -0.39 is 0 Å². The van der Waals surface area contributed by atoms with E-state index in [0.29, 0.717) is 6.04 Å². The van der Waals surface area contributed by atoms with Crippen LogP contribution in [0.5, 0.6) is 0 Å². The summed E-state index contributed by atoms with van der Waals surface area (Å²) in [6.45, 7) is 8.29. The van der Waals surface area contributed by atoms with Crippen LogP contribution >= 0.6 is 0 Å². The first-order valence-electron chi connectivity index (χ1n) is 6.68. The molecule has 0 bridgehead atoms. The molecule has 2 N–H and O–H groups in total. The summed E-state index contributed by atoms with van der Waals surface area (Å²) in [6.07, 6.45) is 5.44. The zero-order chi connectivity index (χ0) is 11.6. The minimum Gasteiger partial charge on any atom is -0.378 e. The third kappa shape index (κ3) is 2.76. The monoisotopic (exact) mass is 226 g/mol. The molecule has 2 rings (SSSR count). The highest BCUT2D eigenvalue weighted by molar-refractivity contribution is 4.89. The Morgan fingerprint density at radius 3 is 2.69 bits per heavy atom. The van der Waals surface area contributed by atoms with E-state index >= 15 is 0 Å². The molecular weight excluding hydrogens is 200 g/mol.